The van der Waals surface area contributed by atoms with E-state index in [-0.39, 0.29) is 5.25 Å². The molecule has 0 aliphatic rings. The summed E-state index contributed by atoms with van der Waals surface area (Å²) < 4.78 is 24.6. The van der Waals surface area contributed by atoms with Crippen molar-refractivity contribution in [2.24, 2.45) is 0 Å². The first-order chi connectivity index (χ1) is 5.46. The molecule has 1 rings (SSSR count). The molecule has 0 unspecified atom stereocenters. The highest BCUT2D eigenvalue weighted by atomic mass is 127. The molecule has 0 spiro atoms. The molecule has 12 heavy (non-hydrogen) atoms. The molecule has 1 heterocycles. The first kappa shape index (κ1) is 10.5. The Labute approximate surface area is 90.1 Å². The van der Waals surface area contributed by atoms with Crippen molar-refractivity contribution in [1.29, 1.82) is 0 Å². The molecule has 0 N–H and O–H groups in total. The molecule has 0 fully saturated rings. The van der Waals surface area contributed by atoms with Crippen LogP contribution in [0.5, 0.6) is 0 Å². The van der Waals surface area contributed by atoms with Crippen LogP contribution in [-0.2, 0) is 9.84 Å². The topological polar surface area (TPSA) is 34.1 Å². The summed E-state index contributed by atoms with van der Waals surface area (Å²) in [5.41, 5.74) is 0. The number of hydrogen-bond acceptors (Lipinski definition) is 3. The van der Waals surface area contributed by atoms with Crippen LogP contribution < -0.4 is 0 Å². The van der Waals surface area contributed by atoms with Gasteiger partial charge in [-0.2, -0.15) is 0 Å². The minimum absolute atomic E-state index is 0.329. The lowest BCUT2D eigenvalue weighted by Crippen LogP contribution is -2.13. The maximum atomic E-state index is 11.6. The third-order valence-electron chi connectivity index (χ3n) is 1.46. The molecular weight excluding hydrogens is 307 g/mol. The van der Waals surface area contributed by atoms with Crippen molar-refractivity contribution in [1.82, 2.24) is 0 Å². The van der Waals surface area contributed by atoms with E-state index in [2.05, 4.69) is 0 Å². The van der Waals surface area contributed by atoms with Gasteiger partial charge in [0.1, 0.15) is 4.21 Å². The molecule has 2 nitrogen and oxygen atoms in total. The molecule has 0 atom stereocenters. The molecule has 1 aromatic heterocycles. The maximum absolute atomic E-state index is 11.6. The fourth-order valence-electron chi connectivity index (χ4n) is 0.697. The van der Waals surface area contributed by atoms with Gasteiger partial charge in [0, 0.05) is 3.57 Å². The molecular formula is C7H9IO2S2. The summed E-state index contributed by atoms with van der Waals surface area (Å²) in [5.74, 6) is 0. The molecule has 0 aliphatic heterocycles. The molecule has 0 bridgehead atoms. The second-order valence-corrected chi connectivity index (χ2v) is 7.43. The molecule has 5 heteroatoms. The maximum Gasteiger partial charge on any atom is 0.191 e. The summed E-state index contributed by atoms with van der Waals surface area (Å²) in [5, 5.41) is 1.47. The average Bonchev–Trinajstić information content (AvgIpc) is 2.35. The van der Waals surface area contributed by atoms with Gasteiger partial charge in [-0.25, -0.2) is 8.42 Å². The molecule has 1 aromatic rings. The van der Waals surface area contributed by atoms with Crippen LogP contribution in [-0.4, -0.2) is 13.7 Å². The van der Waals surface area contributed by atoms with E-state index in [9.17, 15) is 8.42 Å². The highest BCUT2D eigenvalue weighted by Crippen LogP contribution is 2.27. The van der Waals surface area contributed by atoms with E-state index in [0.717, 1.165) is 3.57 Å². The SMILES string of the molecule is CC(C)S(=O)(=O)c1sccc1I. The van der Waals surface area contributed by atoms with Crippen molar-refractivity contribution in [2.45, 2.75) is 23.3 Å². The van der Waals surface area contributed by atoms with Crippen LogP contribution in [0.15, 0.2) is 15.7 Å². The van der Waals surface area contributed by atoms with Gasteiger partial charge in [-0.1, -0.05) is 0 Å². The molecule has 0 aromatic carbocycles. The van der Waals surface area contributed by atoms with Gasteiger partial charge in [-0.05, 0) is 47.9 Å². The van der Waals surface area contributed by atoms with Gasteiger partial charge >= 0.3 is 0 Å². The van der Waals surface area contributed by atoms with Crippen LogP contribution in [0, 0.1) is 3.57 Å². The Hall–Kier alpha value is 0.380. The molecule has 0 saturated carbocycles. The highest BCUT2D eigenvalue weighted by molar-refractivity contribution is 14.1. The van der Waals surface area contributed by atoms with Gasteiger partial charge < -0.3 is 0 Å². The van der Waals surface area contributed by atoms with E-state index in [1.807, 2.05) is 28.7 Å². The van der Waals surface area contributed by atoms with E-state index in [1.54, 1.807) is 19.2 Å². The van der Waals surface area contributed by atoms with Crippen LogP contribution in [0.25, 0.3) is 0 Å². The summed E-state index contributed by atoms with van der Waals surface area (Å²) in [7, 11) is -3.05. The number of sulfone groups is 1. The normalized spacial score (nSPS) is 12.3. The summed E-state index contributed by atoms with van der Waals surface area (Å²) in [6.45, 7) is 3.40. The van der Waals surface area contributed by atoms with E-state index >= 15 is 0 Å². The van der Waals surface area contributed by atoms with Crippen LogP contribution >= 0.6 is 33.9 Å². The van der Waals surface area contributed by atoms with Gasteiger partial charge in [0.25, 0.3) is 0 Å². The Morgan fingerprint density at radius 2 is 2.08 bits per heavy atom. The summed E-state index contributed by atoms with van der Waals surface area (Å²) in [6.07, 6.45) is 0. The van der Waals surface area contributed by atoms with Crippen LogP contribution in [0.3, 0.4) is 0 Å². The number of rotatable bonds is 2. The van der Waals surface area contributed by atoms with Crippen LogP contribution in [0.4, 0.5) is 0 Å². The van der Waals surface area contributed by atoms with E-state index in [0.29, 0.717) is 4.21 Å². The number of halogens is 1. The molecule has 0 aliphatic carbocycles. The predicted octanol–water partition coefficient (Wildman–Crippen LogP) is 2.53. The largest absolute Gasteiger partial charge is 0.223 e. The van der Waals surface area contributed by atoms with Crippen molar-refractivity contribution in [3.63, 3.8) is 0 Å². The van der Waals surface area contributed by atoms with Gasteiger partial charge in [0.15, 0.2) is 9.84 Å². The van der Waals surface area contributed by atoms with Gasteiger partial charge in [0.05, 0.1) is 5.25 Å². The lowest BCUT2D eigenvalue weighted by Gasteiger charge is -2.04. The molecule has 0 amide bonds. The van der Waals surface area contributed by atoms with Gasteiger partial charge in [-0.3, -0.25) is 0 Å². The summed E-state index contributed by atoms with van der Waals surface area (Å²) in [6, 6.07) is 1.82. The monoisotopic (exact) mass is 316 g/mol. The van der Waals surface area contributed by atoms with Crippen molar-refractivity contribution < 1.29 is 8.42 Å². The number of hydrogen-bond donors (Lipinski definition) is 0. The first-order valence-corrected chi connectivity index (χ1v) is 6.93. The molecule has 68 valence electrons. The Morgan fingerprint density at radius 1 is 1.50 bits per heavy atom. The third-order valence-corrected chi connectivity index (χ3v) is 6.76. The highest BCUT2D eigenvalue weighted by Gasteiger charge is 2.22. The zero-order valence-corrected chi connectivity index (χ0v) is 10.5. The smallest absolute Gasteiger partial charge is 0.191 e. The zero-order chi connectivity index (χ0) is 9.35. The Morgan fingerprint density at radius 3 is 2.42 bits per heavy atom. The molecule has 0 radical (unpaired) electrons. The van der Waals surface area contributed by atoms with Gasteiger partial charge in [0.2, 0.25) is 0 Å². The summed E-state index contributed by atoms with van der Waals surface area (Å²) in [4.78, 5) is 0. The van der Waals surface area contributed by atoms with Crippen LogP contribution in [0.2, 0.25) is 0 Å². The lowest BCUT2D eigenvalue weighted by molar-refractivity contribution is 0.589. The second kappa shape index (κ2) is 3.63. The second-order valence-electron chi connectivity index (χ2n) is 2.65. The van der Waals surface area contributed by atoms with E-state index in [1.165, 1.54) is 11.3 Å². The summed E-state index contributed by atoms with van der Waals surface area (Å²) >= 11 is 3.33. The fraction of sp³-hybridized carbons (Fsp3) is 0.429. The van der Waals surface area contributed by atoms with E-state index in [4.69, 9.17) is 0 Å². The molecule has 0 saturated heterocycles. The van der Waals surface area contributed by atoms with Gasteiger partial charge in [-0.15, -0.1) is 11.3 Å². The average molecular weight is 316 g/mol. The lowest BCUT2D eigenvalue weighted by atomic mass is 10.6. The quantitative estimate of drug-likeness (QED) is 0.786. The fourth-order valence-corrected chi connectivity index (χ4v) is 4.98. The van der Waals surface area contributed by atoms with Crippen molar-refractivity contribution in [3.8, 4) is 0 Å². The minimum Gasteiger partial charge on any atom is -0.223 e. The third kappa shape index (κ3) is 1.82. The zero-order valence-electron chi connectivity index (χ0n) is 6.74. The Bertz CT molecular complexity index is 365. The Kier molecular flexibility index (Phi) is 3.16. The van der Waals surface area contributed by atoms with Crippen molar-refractivity contribution in [2.75, 3.05) is 0 Å². The van der Waals surface area contributed by atoms with Crippen molar-refractivity contribution >= 4 is 43.8 Å². The van der Waals surface area contributed by atoms with E-state index < -0.39 is 9.84 Å². The van der Waals surface area contributed by atoms with Crippen molar-refractivity contribution in [3.05, 3.63) is 15.0 Å². The minimum atomic E-state index is -3.05. The first-order valence-electron chi connectivity index (χ1n) is 3.43. The van der Waals surface area contributed by atoms with Crippen LogP contribution in [0.1, 0.15) is 13.8 Å². The predicted molar refractivity (Wildman–Crippen MR) is 59.4 cm³/mol. The number of thiophene rings is 1. The Balaban J connectivity index is 3.24. The standard InChI is InChI=1S/C7H9IO2S2/c1-5(2)12(9,10)7-6(8)3-4-11-7/h3-5H,1-2H3.